The molecule has 0 bridgehead atoms. The van der Waals surface area contributed by atoms with Crippen LogP contribution in [0.15, 0.2) is 28.7 Å². The maximum Gasteiger partial charge on any atom is 0.252 e. The highest BCUT2D eigenvalue weighted by molar-refractivity contribution is 9.10. The highest BCUT2D eigenvalue weighted by atomic mass is 79.9. The summed E-state index contributed by atoms with van der Waals surface area (Å²) in [6.07, 6.45) is 4.66. The van der Waals surface area contributed by atoms with Gasteiger partial charge in [-0.15, -0.1) is 0 Å². The minimum Gasteiger partial charge on any atom is -0.349 e. The molecule has 0 heterocycles. The lowest BCUT2D eigenvalue weighted by Crippen LogP contribution is -2.37. The predicted molar refractivity (Wildman–Crippen MR) is 73.0 cm³/mol. The molecule has 0 radical (unpaired) electrons. The highest BCUT2D eigenvalue weighted by Gasteiger charge is 2.20. The quantitative estimate of drug-likeness (QED) is 0.884. The molecule has 1 fully saturated rings. The third-order valence-electron chi connectivity index (χ3n) is 3.47. The van der Waals surface area contributed by atoms with Gasteiger partial charge in [0.2, 0.25) is 0 Å². The molecule has 1 aliphatic carbocycles. The topological polar surface area (TPSA) is 29.1 Å². The Hall–Kier alpha value is -0.830. The molecule has 0 aromatic heterocycles. The molecule has 1 aromatic rings. The molecule has 0 unspecified atom stereocenters. The molecule has 2 nitrogen and oxygen atoms in total. The van der Waals surface area contributed by atoms with E-state index in [-0.39, 0.29) is 5.91 Å². The van der Waals surface area contributed by atoms with Crippen LogP contribution in [-0.2, 0) is 0 Å². The summed E-state index contributed by atoms with van der Waals surface area (Å²) in [6.45, 7) is 2.28. The summed E-state index contributed by atoms with van der Waals surface area (Å²) in [5, 5.41) is 3.13. The molecule has 17 heavy (non-hydrogen) atoms. The standard InChI is InChI=1S/C14H18BrNO/c1-10-6-8-11(9-7-10)16-14(17)12-4-2-3-5-13(12)15/h2-5,10-11H,6-9H2,1H3,(H,16,17). The fraction of sp³-hybridized carbons (Fsp3) is 0.500. The van der Waals surface area contributed by atoms with Crippen LogP contribution in [-0.4, -0.2) is 11.9 Å². The fourth-order valence-corrected chi connectivity index (χ4v) is 2.78. The third kappa shape index (κ3) is 3.32. The summed E-state index contributed by atoms with van der Waals surface area (Å²) in [5.41, 5.74) is 0.728. The van der Waals surface area contributed by atoms with E-state index in [9.17, 15) is 4.79 Å². The molecule has 0 spiro atoms. The van der Waals surface area contributed by atoms with Crippen LogP contribution in [0.4, 0.5) is 0 Å². The normalized spacial score (nSPS) is 24.4. The van der Waals surface area contributed by atoms with Gasteiger partial charge in [-0.1, -0.05) is 19.1 Å². The fourth-order valence-electron chi connectivity index (χ4n) is 2.31. The van der Waals surface area contributed by atoms with Crippen molar-refractivity contribution in [2.24, 2.45) is 5.92 Å². The first kappa shape index (κ1) is 12.6. The number of hydrogen-bond donors (Lipinski definition) is 1. The summed E-state index contributed by atoms with van der Waals surface area (Å²) in [7, 11) is 0. The molecule has 3 heteroatoms. The summed E-state index contributed by atoms with van der Waals surface area (Å²) in [5.74, 6) is 0.851. The van der Waals surface area contributed by atoms with E-state index in [1.807, 2.05) is 24.3 Å². The van der Waals surface area contributed by atoms with Crippen molar-refractivity contribution in [3.8, 4) is 0 Å². The SMILES string of the molecule is CC1CCC(NC(=O)c2ccccc2Br)CC1. The van der Waals surface area contributed by atoms with Crippen LogP contribution in [0.2, 0.25) is 0 Å². The Balaban J connectivity index is 1.96. The van der Waals surface area contributed by atoms with Gasteiger partial charge in [0.15, 0.2) is 0 Å². The second-order valence-electron chi connectivity index (χ2n) is 4.91. The maximum absolute atomic E-state index is 12.1. The van der Waals surface area contributed by atoms with Gasteiger partial charge in [-0.25, -0.2) is 0 Å². The second kappa shape index (κ2) is 5.67. The van der Waals surface area contributed by atoms with Crippen molar-refractivity contribution < 1.29 is 4.79 Å². The first-order valence-electron chi connectivity index (χ1n) is 6.22. The molecule has 1 saturated carbocycles. The zero-order valence-corrected chi connectivity index (χ0v) is 11.7. The van der Waals surface area contributed by atoms with Gasteiger partial charge in [-0.05, 0) is 59.7 Å². The van der Waals surface area contributed by atoms with Crippen molar-refractivity contribution >= 4 is 21.8 Å². The molecular formula is C14H18BrNO. The lowest BCUT2D eigenvalue weighted by molar-refractivity contribution is 0.0922. The Bertz CT molecular complexity index is 397. The van der Waals surface area contributed by atoms with Crippen LogP contribution >= 0.6 is 15.9 Å². The average Bonchev–Trinajstić information content (AvgIpc) is 2.32. The molecular weight excluding hydrogens is 278 g/mol. The molecule has 1 amide bonds. The van der Waals surface area contributed by atoms with E-state index in [0.29, 0.717) is 6.04 Å². The van der Waals surface area contributed by atoms with Crippen LogP contribution in [0.1, 0.15) is 43.0 Å². The summed E-state index contributed by atoms with van der Waals surface area (Å²) in [4.78, 5) is 12.1. The van der Waals surface area contributed by atoms with E-state index in [4.69, 9.17) is 0 Å². The van der Waals surface area contributed by atoms with Crippen LogP contribution < -0.4 is 5.32 Å². The van der Waals surface area contributed by atoms with E-state index in [0.717, 1.165) is 28.8 Å². The van der Waals surface area contributed by atoms with Gasteiger partial charge in [0.1, 0.15) is 0 Å². The number of hydrogen-bond acceptors (Lipinski definition) is 1. The number of benzene rings is 1. The van der Waals surface area contributed by atoms with E-state index in [1.165, 1.54) is 12.8 Å². The molecule has 0 atom stereocenters. The highest BCUT2D eigenvalue weighted by Crippen LogP contribution is 2.24. The van der Waals surface area contributed by atoms with Crippen molar-refractivity contribution in [3.63, 3.8) is 0 Å². The third-order valence-corrected chi connectivity index (χ3v) is 4.16. The first-order chi connectivity index (χ1) is 8.16. The van der Waals surface area contributed by atoms with E-state index < -0.39 is 0 Å². The minimum atomic E-state index is 0.0389. The Morgan fingerprint density at radius 2 is 1.88 bits per heavy atom. The molecule has 2 rings (SSSR count). The van der Waals surface area contributed by atoms with Gasteiger partial charge in [0.25, 0.3) is 5.91 Å². The monoisotopic (exact) mass is 295 g/mol. The number of nitrogens with one attached hydrogen (secondary N) is 1. The number of amides is 1. The minimum absolute atomic E-state index is 0.0389. The lowest BCUT2D eigenvalue weighted by atomic mass is 9.87. The average molecular weight is 296 g/mol. The number of rotatable bonds is 2. The largest absolute Gasteiger partial charge is 0.349 e. The van der Waals surface area contributed by atoms with E-state index >= 15 is 0 Å². The molecule has 1 N–H and O–H groups in total. The molecule has 0 aliphatic heterocycles. The van der Waals surface area contributed by atoms with E-state index in [1.54, 1.807) is 0 Å². The van der Waals surface area contributed by atoms with Crippen molar-refractivity contribution in [3.05, 3.63) is 34.3 Å². The van der Waals surface area contributed by atoms with Gasteiger partial charge in [-0.2, -0.15) is 0 Å². The smallest absolute Gasteiger partial charge is 0.252 e. The first-order valence-corrected chi connectivity index (χ1v) is 7.01. The Morgan fingerprint density at radius 3 is 2.53 bits per heavy atom. The zero-order chi connectivity index (χ0) is 12.3. The summed E-state index contributed by atoms with van der Waals surface area (Å²) >= 11 is 3.41. The predicted octanol–water partition coefficient (Wildman–Crippen LogP) is 3.76. The maximum atomic E-state index is 12.1. The van der Waals surface area contributed by atoms with Gasteiger partial charge in [-0.3, -0.25) is 4.79 Å². The van der Waals surface area contributed by atoms with Crippen molar-refractivity contribution in [1.29, 1.82) is 0 Å². The van der Waals surface area contributed by atoms with Gasteiger partial charge >= 0.3 is 0 Å². The molecule has 92 valence electrons. The second-order valence-corrected chi connectivity index (χ2v) is 5.76. The van der Waals surface area contributed by atoms with Crippen LogP contribution in [0, 0.1) is 5.92 Å². The van der Waals surface area contributed by atoms with Crippen molar-refractivity contribution in [1.82, 2.24) is 5.32 Å². The summed E-state index contributed by atoms with van der Waals surface area (Å²) in [6, 6.07) is 7.92. The van der Waals surface area contributed by atoms with E-state index in [2.05, 4.69) is 28.2 Å². The number of carbonyl (C=O) groups excluding carboxylic acids is 1. The van der Waals surface area contributed by atoms with Gasteiger partial charge in [0.05, 0.1) is 5.56 Å². The summed E-state index contributed by atoms with van der Waals surface area (Å²) < 4.78 is 0.863. The van der Waals surface area contributed by atoms with Crippen molar-refractivity contribution in [2.75, 3.05) is 0 Å². The molecule has 1 aliphatic rings. The van der Waals surface area contributed by atoms with Gasteiger partial charge in [0, 0.05) is 10.5 Å². The van der Waals surface area contributed by atoms with Crippen LogP contribution in [0.3, 0.4) is 0 Å². The van der Waals surface area contributed by atoms with Crippen molar-refractivity contribution in [2.45, 2.75) is 38.6 Å². The van der Waals surface area contributed by atoms with Crippen LogP contribution in [0.25, 0.3) is 0 Å². The number of halogens is 1. The van der Waals surface area contributed by atoms with Crippen LogP contribution in [0.5, 0.6) is 0 Å². The molecule has 0 saturated heterocycles. The molecule has 1 aromatic carbocycles. The Labute approximate surface area is 111 Å². The lowest BCUT2D eigenvalue weighted by Gasteiger charge is -2.27. The number of carbonyl (C=O) groups is 1. The Kier molecular flexibility index (Phi) is 4.21. The Morgan fingerprint density at radius 1 is 1.24 bits per heavy atom. The zero-order valence-electron chi connectivity index (χ0n) is 10.1. The van der Waals surface area contributed by atoms with Gasteiger partial charge < -0.3 is 5.32 Å².